The van der Waals surface area contributed by atoms with Crippen LogP contribution in [-0.2, 0) is 16.0 Å². The standard InChI is InChI=1S/C27H41N3O5/c1-19(2)30(20-12-11-15-28(18-20)26(33)35-27(3,4)5)25(32)23-24(31)21-13-7-8-14-22(21)29(23)16-9-10-17-34-6/h7-8,13-14,19-20,31H,9-12,15-18H2,1-6H3/t20-/m1/s1. The van der Waals surface area contributed by atoms with Gasteiger partial charge in [-0.05, 0) is 72.4 Å². The second-order valence-electron chi connectivity index (χ2n) is 10.6. The highest BCUT2D eigenvalue weighted by atomic mass is 16.6. The maximum atomic E-state index is 14.1. The van der Waals surface area contributed by atoms with E-state index in [-0.39, 0.29) is 29.8 Å². The van der Waals surface area contributed by atoms with Gasteiger partial charge in [-0.3, -0.25) is 4.79 Å². The normalized spacial score (nSPS) is 16.7. The van der Waals surface area contributed by atoms with Crippen LogP contribution in [0.5, 0.6) is 5.75 Å². The predicted molar refractivity (Wildman–Crippen MR) is 137 cm³/mol. The summed E-state index contributed by atoms with van der Waals surface area (Å²) in [4.78, 5) is 30.3. The second kappa shape index (κ2) is 11.3. The Hall–Kier alpha value is -2.74. The third kappa shape index (κ3) is 6.28. The molecule has 0 bridgehead atoms. The number of carbonyl (C=O) groups is 2. The quantitative estimate of drug-likeness (QED) is 0.529. The van der Waals surface area contributed by atoms with Gasteiger partial charge in [-0.2, -0.15) is 0 Å². The van der Waals surface area contributed by atoms with Gasteiger partial charge in [0, 0.05) is 44.8 Å². The van der Waals surface area contributed by atoms with Gasteiger partial charge in [0.25, 0.3) is 5.91 Å². The number of nitrogens with zero attached hydrogens (tertiary/aromatic N) is 3. The Labute approximate surface area is 208 Å². The van der Waals surface area contributed by atoms with E-state index >= 15 is 0 Å². The number of unbranched alkanes of at least 4 members (excludes halogenated alkanes) is 1. The number of hydrogen-bond donors (Lipinski definition) is 1. The maximum absolute atomic E-state index is 14.1. The van der Waals surface area contributed by atoms with E-state index in [0.29, 0.717) is 37.3 Å². The molecule has 35 heavy (non-hydrogen) atoms. The van der Waals surface area contributed by atoms with Crippen molar-refractivity contribution in [1.29, 1.82) is 0 Å². The first kappa shape index (κ1) is 26.9. The highest BCUT2D eigenvalue weighted by Crippen LogP contribution is 2.35. The lowest BCUT2D eigenvalue weighted by Crippen LogP contribution is -2.54. The topological polar surface area (TPSA) is 84.2 Å². The van der Waals surface area contributed by atoms with Crippen molar-refractivity contribution in [3.63, 3.8) is 0 Å². The van der Waals surface area contributed by atoms with Crippen molar-refractivity contribution < 1.29 is 24.2 Å². The molecule has 1 aromatic carbocycles. The minimum atomic E-state index is -0.576. The molecule has 8 nitrogen and oxygen atoms in total. The number of carbonyl (C=O) groups excluding carboxylic acids is 2. The molecule has 2 aromatic rings. The summed E-state index contributed by atoms with van der Waals surface area (Å²) in [7, 11) is 1.68. The number of likely N-dealkylation sites (tertiary alicyclic amines) is 1. The Bertz CT molecular complexity index is 1020. The first-order chi connectivity index (χ1) is 16.5. The van der Waals surface area contributed by atoms with E-state index in [1.807, 2.05) is 68.4 Å². The van der Waals surface area contributed by atoms with Gasteiger partial charge in [0.05, 0.1) is 11.6 Å². The van der Waals surface area contributed by atoms with Crippen molar-refractivity contribution in [2.45, 2.75) is 84.5 Å². The van der Waals surface area contributed by atoms with Crippen LogP contribution in [0.25, 0.3) is 10.9 Å². The molecule has 1 aliphatic rings. The van der Waals surface area contributed by atoms with Crippen LogP contribution >= 0.6 is 0 Å². The number of hydrogen-bond acceptors (Lipinski definition) is 5. The molecule has 0 unspecified atom stereocenters. The van der Waals surface area contributed by atoms with Crippen molar-refractivity contribution in [3.8, 4) is 5.75 Å². The lowest BCUT2D eigenvalue weighted by Gasteiger charge is -2.41. The van der Waals surface area contributed by atoms with Crippen LogP contribution in [0, 0.1) is 0 Å². The fourth-order valence-electron chi connectivity index (χ4n) is 4.87. The molecule has 2 heterocycles. The van der Waals surface area contributed by atoms with Crippen molar-refractivity contribution in [2.24, 2.45) is 0 Å². The molecular formula is C27H41N3O5. The Morgan fingerprint density at radius 3 is 2.57 bits per heavy atom. The second-order valence-corrected chi connectivity index (χ2v) is 10.6. The molecule has 194 valence electrons. The average Bonchev–Trinajstić information content (AvgIpc) is 3.07. The van der Waals surface area contributed by atoms with Gasteiger partial charge in [0.15, 0.2) is 11.4 Å². The van der Waals surface area contributed by atoms with Crippen molar-refractivity contribution >= 4 is 22.9 Å². The summed E-state index contributed by atoms with van der Waals surface area (Å²) in [5, 5.41) is 11.8. The number of aromatic hydroxyl groups is 1. The Morgan fingerprint density at radius 2 is 1.91 bits per heavy atom. The molecule has 0 aliphatic carbocycles. The van der Waals surface area contributed by atoms with Crippen LogP contribution in [0.1, 0.15) is 70.8 Å². The third-order valence-corrected chi connectivity index (χ3v) is 6.36. The molecular weight excluding hydrogens is 446 g/mol. The van der Waals surface area contributed by atoms with E-state index < -0.39 is 5.60 Å². The number of methoxy groups -OCH3 is 1. The number of piperidine rings is 1. The first-order valence-corrected chi connectivity index (χ1v) is 12.6. The van der Waals surface area contributed by atoms with E-state index in [1.165, 1.54) is 0 Å². The number of para-hydroxylation sites is 1. The van der Waals surface area contributed by atoms with Crippen molar-refractivity contribution in [3.05, 3.63) is 30.0 Å². The fraction of sp³-hybridized carbons (Fsp3) is 0.630. The van der Waals surface area contributed by atoms with Gasteiger partial charge in [-0.15, -0.1) is 0 Å². The summed E-state index contributed by atoms with van der Waals surface area (Å²) >= 11 is 0. The number of aromatic nitrogens is 1. The van der Waals surface area contributed by atoms with Gasteiger partial charge in [-0.1, -0.05) is 12.1 Å². The van der Waals surface area contributed by atoms with Gasteiger partial charge in [0.2, 0.25) is 0 Å². The summed E-state index contributed by atoms with van der Waals surface area (Å²) in [6.45, 7) is 11.8. The summed E-state index contributed by atoms with van der Waals surface area (Å²) in [5.74, 6) is -0.195. The van der Waals surface area contributed by atoms with Crippen LogP contribution < -0.4 is 0 Å². The van der Waals surface area contributed by atoms with E-state index in [9.17, 15) is 14.7 Å². The monoisotopic (exact) mass is 487 g/mol. The van der Waals surface area contributed by atoms with Crippen LogP contribution in [0.2, 0.25) is 0 Å². The Kier molecular flexibility index (Phi) is 8.70. The van der Waals surface area contributed by atoms with Gasteiger partial charge in [0.1, 0.15) is 5.60 Å². The minimum Gasteiger partial charge on any atom is -0.505 e. The molecule has 0 radical (unpaired) electrons. The SMILES string of the molecule is COCCCCn1c(C(=O)N(C(C)C)[C@@H]2CCCN(C(=O)OC(C)(C)C)C2)c(O)c2ccccc21. The molecule has 1 atom stereocenters. The van der Waals surface area contributed by atoms with Crippen LogP contribution in [-0.4, -0.2) is 76.0 Å². The highest BCUT2D eigenvalue weighted by molar-refractivity contribution is 6.04. The van der Waals surface area contributed by atoms with Crippen LogP contribution in [0.15, 0.2) is 24.3 Å². The molecule has 0 saturated carbocycles. The maximum Gasteiger partial charge on any atom is 0.410 e. The number of aryl methyl sites for hydroxylation is 1. The van der Waals surface area contributed by atoms with Crippen molar-refractivity contribution in [1.82, 2.24) is 14.4 Å². The van der Waals surface area contributed by atoms with Crippen molar-refractivity contribution in [2.75, 3.05) is 26.8 Å². The number of rotatable bonds is 8. The lowest BCUT2D eigenvalue weighted by molar-refractivity contribution is 0.00726. The molecule has 1 aliphatic heterocycles. The van der Waals surface area contributed by atoms with Gasteiger partial charge >= 0.3 is 6.09 Å². The third-order valence-electron chi connectivity index (χ3n) is 6.36. The zero-order valence-electron chi connectivity index (χ0n) is 22.0. The minimum absolute atomic E-state index is 0.0165. The fourth-order valence-corrected chi connectivity index (χ4v) is 4.87. The van der Waals surface area contributed by atoms with Gasteiger partial charge < -0.3 is 28.9 Å². The van der Waals surface area contributed by atoms with E-state index in [0.717, 1.165) is 31.2 Å². The summed E-state index contributed by atoms with van der Waals surface area (Å²) in [6, 6.07) is 7.30. The first-order valence-electron chi connectivity index (χ1n) is 12.6. The average molecular weight is 488 g/mol. The Morgan fingerprint density at radius 1 is 1.20 bits per heavy atom. The van der Waals surface area contributed by atoms with E-state index in [1.54, 1.807) is 12.0 Å². The highest BCUT2D eigenvalue weighted by Gasteiger charge is 2.36. The molecule has 0 spiro atoms. The molecule has 3 rings (SSSR count). The number of amides is 2. The molecule has 2 amide bonds. The zero-order chi connectivity index (χ0) is 25.8. The Balaban J connectivity index is 1.92. The summed E-state index contributed by atoms with van der Waals surface area (Å²) in [5.41, 5.74) is 0.577. The van der Waals surface area contributed by atoms with Crippen LogP contribution in [0.3, 0.4) is 0 Å². The molecule has 1 aromatic heterocycles. The molecule has 1 fully saturated rings. The lowest BCUT2D eigenvalue weighted by atomic mass is 10.0. The molecule has 8 heteroatoms. The van der Waals surface area contributed by atoms with Gasteiger partial charge in [-0.25, -0.2) is 4.79 Å². The largest absolute Gasteiger partial charge is 0.505 e. The number of benzene rings is 1. The van der Waals surface area contributed by atoms with E-state index in [4.69, 9.17) is 9.47 Å². The number of fused-ring (bicyclic) bond motifs is 1. The van der Waals surface area contributed by atoms with Crippen LogP contribution in [0.4, 0.5) is 4.79 Å². The summed E-state index contributed by atoms with van der Waals surface area (Å²) < 4.78 is 12.7. The molecule has 1 N–H and O–H groups in total. The van der Waals surface area contributed by atoms with E-state index in [2.05, 4.69) is 0 Å². The summed E-state index contributed by atoms with van der Waals surface area (Å²) in [6.07, 6.45) is 2.90. The zero-order valence-corrected chi connectivity index (χ0v) is 22.0. The number of ether oxygens (including phenoxy) is 2. The predicted octanol–water partition coefficient (Wildman–Crippen LogP) is 5.02. The smallest absolute Gasteiger partial charge is 0.410 e. The molecule has 1 saturated heterocycles.